The summed E-state index contributed by atoms with van der Waals surface area (Å²) < 4.78 is 7.16. The first-order valence-electron chi connectivity index (χ1n) is 10.7. The minimum atomic E-state index is -0.143. The van der Waals surface area contributed by atoms with E-state index in [1.165, 1.54) is 12.7 Å². The summed E-state index contributed by atoms with van der Waals surface area (Å²) in [6.07, 6.45) is 3.87. The molecular weight excluding hydrogens is 378 g/mol. The average Bonchev–Trinajstić information content (AvgIpc) is 3.16. The molecule has 0 spiro atoms. The monoisotopic (exact) mass is 413 g/mol. The summed E-state index contributed by atoms with van der Waals surface area (Å²) in [6.45, 7) is 8.02. The number of ether oxygens (including phenoxy) is 1. The quantitative estimate of drug-likeness (QED) is 0.535. The smallest absolute Gasteiger partial charge is 0.249 e. The predicted molar refractivity (Wildman–Crippen MR) is 119 cm³/mol. The second-order valence-corrected chi connectivity index (χ2v) is 7.83. The summed E-state index contributed by atoms with van der Waals surface area (Å²) in [7, 11) is 1.50. The Balaban J connectivity index is 2.10. The van der Waals surface area contributed by atoms with Gasteiger partial charge >= 0.3 is 0 Å². The second-order valence-electron chi connectivity index (χ2n) is 7.83. The van der Waals surface area contributed by atoms with E-state index >= 15 is 0 Å². The fourth-order valence-corrected chi connectivity index (χ4v) is 3.37. The predicted octanol–water partition coefficient (Wildman–Crippen LogP) is 3.55. The van der Waals surface area contributed by atoms with Gasteiger partial charge in [-0.25, -0.2) is 0 Å². The van der Waals surface area contributed by atoms with Crippen molar-refractivity contribution in [1.82, 2.24) is 14.4 Å². The molecule has 1 aromatic carbocycles. The standard InChI is InChI=1S/C24H35N3O3/c1-5-6-14-26(24(29)19-30-4)18-23(28)27(20(2)3)17-22-13-10-15-25(22)16-21-11-8-7-9-12-21/h7-13,15,20H,5-6,14,16-19H2,1-4H3. The molecule has 0 aliphatic heterocycles. The number of carbonyl (C=O) groups is 2. The van der Waals surface area contributed by atoms with Crippen molar-refractivity contribution in [2.45, 2.75) is 52.7 Å². The number of benzene rings is 1. The molecule has 0 saturated carbocycles. The van der Waals surface area contributed by atoms with Gasteiger partial charge in [0.1, 0.15) is 6.61 Å². The molecule has 6 heteroatoms. The highest BCUT2D eigenvalue weighted by Crippen LogP contribution is 2.13. The highest BCUT2D eigenvalue weighted by atomic mass is 16.5. The Kier molecular flexibility index (Phi) is 9.61. The van der Waals surface area contributed by atoms with Crippen LogP contribution in [-0.4, -0.2) is 59.0 Å². The average molecular weight is 414 g/mol. The third-order valence-electron chi connectivity index (χ3n) is 5.12. The zero-order valence-electron chi connectivity index (χ0n) is 18.7. The van der Waals surface area contributed by atoms with E-state index in [2.05, 4.69) is 29.7 Å². The Morgan fingerprint density at radius 3 is 2.43 bits per heavy atom. The molecule has 6 nitrogen and oxygen atoms in total. The molecule has 1 heterocycles. The minimum Gasteiger partial charge on any atom is -0.375 e. The Morgan fingerprint density at radius 2 is 1.80 bits per heavy atom. The topological polar surface area (TPSA) is 54.8 Å². The van der Waals surface area contributed by atoms with Gasteiger partial charge in [-0.3, -0.25) is 9.59 Å². The lowest BCUT2D eigenvalue weighted by Crippen LogP contribution is -2.46. The molecule has 0 N–H and O–H groups in total. The maximum Gasteiger partial charge on any atom is 0.249 e. The van der Waals surface area contributed by atoms with E-state index in [-0.39, 0.29) is 31.0 Å². The molecule has 0 fully saturated rings. The van der Waals surface area contributed by atoms with Gasteiger partial charge in [-0.1, -0.05) is 43.7 Å². The first-order valence-corrected chi connectivity index (χ1v) is 10.7. The number of amides is 2. The second kappa shape index (κ2) is 12.2. The number of unbranched alkanes of at least 4 members (excludes halogenated alkanes) is 1. The van der Waals surface area contributed by atoms with Crippen LogP contribution in [0.15, 0.2) is 48.7 Å². The molecule has 2 amide bonds. The number of nitrogens with zero attached hydrogens (tertiary/aromatic N) is 3. The molecule has 0 bridgehead atoms. The molecule has 0 atom stereocenters. The van der Waals surface area contributed by atoms with Crippen LogP contribution in [0.1, 0.15) is 44.9 Å². The first-order chi connectivity index (χ1) is 14.5. The molecule has 0 saturated heterocycles. The van der Waals surface area contributed by atoms with Crippen LogP contribution in [-0.2, 0) is 27.4 Å². The van der Waals surface area contributed by atoms with Gasteiger partial charge in [0.05, 0.1) is 13.1 Å². The van der Waals surface area contributed by atoms with Crippen LogP contribution in [0, 0.1) is 0 Å². The minimum absolute atomic E-state index is 0.00139. The van der Waals surface area contributed by atoms with Crippen LogP contribution in [0.3, 0.4) is 0 Å². The maximum absolute atomic E-state index is 13.1. The van der Waals surface area contributed by atoms with E-state index in [1.807, 2.05) is 49.2 Å². The summed E-state index contributed by atoms with van der Waals surface area (Å²) in [5, 5.41) is 0. The lowest BCUT2D eigenvalue weighted by molar-refractivity contribution is -0.144. The molecule has 2 rings (SSSR count). The summed E-state index contributed by atoms with van der Waals surface area (Å²) in [4.78, 5) is 29.0. The maximum atomic E-state index is 13.1. The number of rotatable bonds is 12. The lowest BCUT2D eigenvalue weighted by Gasteiger charge is -2.30. The first kappa shape index (κ1) is 23.7. The van der Waals surface area contributed by atoms with Crippen LogP contribution in [0.4, 0.5) is 0 Å². The zero-order valence-corrected chi connectivity index (χ0v) is 18.7. The Labute approximate surface area is 180 Å². The van der Waals surface area contributed by atoms with E-state index in [0.29, 0.717) is 13.1 Å². The largest absolute Gasteiger partial charge is 0.375 e. The lowest BCUT2D eigenvalue weighted by atomic mass is 10.2. The number of hydrogen-bond acceptors (Lipinski definition) is 3. The van der Waals surface area contributed by atoms with Crippen molar-refractivity contribution in [3.63, 3.8) is 0 Å². The van der Waals surface area contributed by atoms with Crippen molar-refractivity contribution >= 4 is 11.8 Å². The van der Waals surface area contributed by atoms with Gasteiger partial charge in [-0.05, 0) is 38.0 Å². The fraction of sp³-hybridized carbons (Fsp3) is 0.500. The van der Waals surface area contributed by atoms with Crippen molar-refractivity contribution in [3.8, 4) is 0 Å². The van der Waals surface area contributed by atoms with Crippen molar-refractivity contribution in [2.75, 3.05) is 26.8 Å². The van der Waals surface area contributed by atoms with Crippen molar-refractivity contribution in [1.29, 1.82) is 0 Å². The zero-order chi connectivity index (χ0) is 21.9. The Morgan fingerprint density at radius 1 is 1.07 bits per heavy atom. The van der Waals surface area contributed by atoms with Crippen LogP contribution < -0.4 is 0 Å². The van der Waals surface area contributed by atoms with E-state index in [0.717, 1.165) is 25.1 Å². The number of hydrogen-bond donors (Lipinski definition) is 0. The van der Waals surface area contributed by atoms with E-state index in [9.17, 15) is 9.59 Å². The molecule has 0 radical (unpaired) electrons. The molecule has 0 aliphatic carbocycles. The third-order valence-corrected chi connectivity index (χ3v) is 5.12. The molecule has 0 aliphatic rings. The van der Waals surface area contributed by atoms with Crippen molar-refractivity contribution in [2.24, 2.45) is 0 Å². The molecule has 2 aromatic rings. The number of carbonyl (C=O) groups excluding carboxylic acids is 2. The van der Waals surface area contributed by atoms with E-state index < -0.39 is 0 Å². The SMILES string of the molecule is CCCCN(CC(=O)N(Cc1cccn1Cc1ccccc1)C(C)C)C(=O)COC. The van der Waals surface area contributed by atoms with Gasteiger partial charge in [0.2, 0.25) is 11.8 Å². The van der Waals surface area contributed by atoms with Crippen LogP contribution in [0.5, 0.6) is 0 Å². The fourth-order valence-electron chi connectivity index (χ4n) is 3.37. The van der Waals surface area contributed by atoms with E-state index in [1.54, 1.807) is 4.90 Å². The number of aromatic nitrogens is 1. The summed E-state index contributed by atoms with van der Waals surface area (Å²) >= 11 is 0. The van der Waals surface area contributed by atoms with Crippen LogP contribution in [0.2, 0.25) is 0 Å². The van der Waals surface area contributed by atoms with Gasteiger partial charge in [0.15, 0.2) is 0 Å². The van der Waals surface area contributed by atoms with Gasteiger partial charge < -0.3 is 19.1 Å². The Bertz CT molecular complexity index is 786. The third kappa shape index (κ3) is 7.02. The molecular formula is C24H35N3O3. The van der Waals surface area contributed by atoms with Gasteiger partial charge in [-0.15, -0.1) is 0 Å². The van der Waals surface area contributed by atoms with E-state index in [4.69, 9.17) is 4.74 Å². The van der Waals surface area contributed by atoms with Crippen LogP contribution >= 0.6 is 0 Å². The highest BCUT2D eigenvalue weighted by molar-refractivity contribution is 5.85. The van der Waals surface area contributed by atoms with Gasteiger partial charge in [-0.2, -0.15) is 0 Å². The van der Waals surface area contributed by atoms with Gasteiger partial charge in [0, 0.05) is 38.1 Å². The highest BCUT2D eigenvalue weighted by Gasteiger charge is 2.23. The van der Waals surface area contributed by atoms with Crippen molar-refractivity contribution in [3.05, 3.63) is 59.9 Å². The molecule has 0 unspecified atom stereocenters. The van der Waals surface area contributed by atoms with Crippen molar-refractivity contribution < 1.29 is 14.3 Å². The molecule has 30 heavy (non-hydrogen) atoms. The number of methoxy groups -OCH3 is 1. The van der Waals surface area contributed by atoms with Gasteiger partial charge in [0.25, 0.3) is 0 Å². The normalized spacial score (nSPS) is 11.0. The summed E-state index contributed by atoms with van der Waals surface area (Å²) in [5.74, 6) is -0.187. The molecule has 1 aromatic heterocycles. The summed E-state index contributed by atoms with van der Waals surface area (Å²) in [5.41, 5.74) is 2.29. The van der Waals surface area contributed by atoms with Crippen LogP contribution in [0.25, 0.3) is 0 Å². The molecule has 164 valence electrons. The Hall–Kier alpha value is -2.60. The summed E-state index contributed by atoms with van der Waals surface area (Å²) in [6, 6.07) is 14.4.